The Balaban J connectivity index is 1.89. The molecule has 2 heterocycles. The predicted octanol–water partition coefficient (Wildman–Crippen LogP) is 2.76. The third kappa shape index (κ3) is 3.26. The van der Waals surface area contributed by atoms with Gasteiger partial charge in [-0.2, -0.15) is 0 Å². The summed E-state index contributed by atoms with van der Waals surface area (Å²) in [6.45, 7) is 0.500. The molecule has 1 aromatic carbocycles. The number of halogens is 2. The minimum absolute atomic E-state index is 0.112. The second kappa shape index (κ2) is 6.34. The van der Waals surface area contributed by atoms with E-state index in [0.717, 1.165) is 12.7 Å². The van der Waals surface area contributed by atoms with Gasteiger partial charge in [-0.3, -0.25) is 4.79 Å². The number of sulfone groups is 1. The maximum Gasteiger partial charge on any atom is 0.335 e. The van der Waals surface area contributed by atoms with Crippen molar-refractivity contribution in [3.63, 3.8) is 0 Å². The van der Waals surface area contributed by atoms with E-state index in [2.05, 4.69) is 10.2 Å². The highest BCUT2D eigenvalue weighted by Gasteiger charge is 2.35. The first-order chi connectivity index (χ1) is 11.3. The lowest BCUT2D eigenvalue weighted by Crippen LogP contribution is -2.30. The second-order valence-corrected chi connectivity index (χ2v) is 8.17. The van der Waals surface area contributed by atoms with E-state index in [4.69, 9.17) is 27.6 Å². The van der Waals surface area contributed by atoms with E-state index in [1.807, 2.05) is 0 Å². The molecule has 1 saturated heterocycles. The summed E-state index contributed by atoms with van der Waals surface area (Å²) >= 11 is 11.8. The molecule has 7 nitrogen and oxygen atoms in total. The molecule has 1 aromatic heterocycles. The lowest BCUT2D eigenvalue weighted by molar-refractivity contribution is 0.0712. The monoisotopic (exact) mass is 389 g/mol. The fourth-order valence-corrected chi connectivity index (χ4v) is 3.29. The molecule has 24 heavy (non-hydrogen) atoms. The van der Waals surface area contributed by atoms with Crippen LogP contribution in [0.1, 0.15) is 35.1 Å². The minimum Gasteiger partial charge on any atom is -0.410 e. The molecule has 128 valence electrons. The molecule has 0 N–H and O–H groups in total. The first-order valence-electron chi connectivity index (χ1n) is 7.07. The van der Waals surface area contributed by atoms with Crippen molar-refractivity contribution in [1.82, 2.24) is 15.1 Å². The summed E-state index contributed by atoms with van der Waals surface area (Å²) in [7, 11) is -3.59. The molecule has 3 rings (SSSR count). The number of likely N-dealkylation sites (tertiary alicyclic amines) is 1. The quantitative estimate of drug-likeness (QED) is 0.800. The van der Waals surface area contributed by atoms with Gasteiger partial charge >= 0.3 is 5.22 Å². The molecule has 0 bridgehead atoms. The smallest absolute Gasteiger partial charge is 0.335 e. The first kappa shape index (κ1) is 17.2. The number of aromatic nitrogens is 2. The molecule has 1 aliphatic heterocycles. The molecular weight excluding hydrogens is 377 g/mol. The zero-order chi connectivity index (χ0) is 17.5. The summed E-state index contributed by atoms with van der Waals surface area (Å²) in [4.78, 5) is 14.3. The van der Waals surface area contributed by atoms with E-state index in [1.165, 1.54) is 6.07 Å². The zero-order valence-corrected chi connectivity index (χ0v) is 14.9. The average Bonchev–Trinajstić information content (AvgIpc) is 3.16. The van der Waals surface area contributed by atoms with E-state index >= 15 is 0 Å². The Bertz CT molecular complexity index is 897. The maximum absolute atomic E-state index is 12.7. The van der Waals surface area contributed by atoms with Gasteiger partial charge < -0.3 is 9.32 Å². The molecule has 2 aromatic rings. The van der Waals surface area contributed by atoms with Crippen LogP contribution in [-0.2, 0) is 9.84 Å². The highest BCUT2D eigenvalue weighted by Crippen LogP contribution is 2.33. The molecule has 0 unspecified atom stereocenters. The van der Waals surface area contributed by atoms with Crippen molar-refractivity contribution < 1.29 is 17.6 Å². The standard InChI is InChI=1S/C14H13Cl2N3O4S/c1-24(21,22)14-18-17-12(23-14)11-3-2-6-19(11)13(20)8-4-5-9(15)10(16)7-8/h4-5,7,11H,2-3,6H2,1H3/t11-/m0/s1. The fourth-order valence-electron chi connectivity index (χ4n) is 2.57. The Morgan fingerprint density at radius 2 is 2.04 bits per heavy atom. The molecule has 0 aliphatic carbocycles. The van der Waals surface area contributed by atoms with Crippen molar-refractivity contribution in [3.8, 4) is 0 Å². The second-order valence-electron chi connectivity index (χ2n) is 5.46. The van der Waals surface area contributed by atoms with Gasteiger partial charge in [-0.05, 0) is 31.0 Å². The highest BCUT2D eigenvalue weighted by atomic mass is 35.5. The van der Waals surface area contributed by atoms with Gasteiger partial charge in [-0.1, -0.05) is 28.3 Å². The van der Waals surface area contributed by atoms with Crippen LogP contribution in [0.2, 0.25) is 10.0 Å². The lowest BCUT2D eigenvalue weighted by Gasteiger charge is -2.22. The van der Waals surface area contributed by atoms with E-state index in [0.29, 0.717) is 23.6 Å². The largest absolute Gasteiger partial charge is 0.410 e. The first-order valence-corrected chi connectivity index (χ1v) is 9.71. The van der Waals surface area contributed by atoms with Crippen LogP contribution in [-0.4, -0.2) is 42.2 Å². The van der Waals surface area contributed by atoms with Crippen molar-refractivity contribution in [3.05, 3.63) is 39.7 Å². The summed E-state index contributed by atoms with van der Waals surface area (Å²) in [6.07, 6.45) is 2.34. The number of hydrogen-bond acceptors (Lipinski definition) is 6. The van der Waals surface area contributed by atoms with E-state index < -0.39 is 21.1 Å². The topological polar surface area (TPSA) is 93.4 Å². The van der Waals surface area contributed by atoms with Crippen LogP contribution in [0.3, 0.4) is 0 Å². The minimum atomic E-state index is -3.59. The van der Waals surface area contributed by atoms with Crippen LogP contribution in [0, 0.1) is 0 Å². The van der Waals surface area contributed by atoms with Crippen LogP contribution in [0.15, 0.2) is 27.8 Å². The van der Waals surface area contributed by atoms with Gasteiger partial charge in [0.15, 0.2) is 0 Å². The SMILES string of the molecule is CS(=O)(=O)c1nnc([C@@H]2CCCN2C(=O)c2ccc(Cl)c(Cl)c2)o1. The number of carbonyl (C=O) groups excluding carboxylic acids is 1. The Morgan fingerprint density at radius 1 is 1.29 bits per heavy atom. The van der Waals surface area contributed by atoms with Crippen molar-refractivity contribution in [1.29, 1.82) is 0 Å². The van der Waals surface area contributed by atoms with Gasteiger partial charge in [-0.25, -0.2) is 8.42 Å². The van der Waals surface area contributed by atoms with Crippen LogP contribution in [0.5, 0.6) is 0 Å². The lowest BCUT2D eigenvalue weighted by atomic mass is 10.1. The van der Waals surface area contributed by atoms with Gasteiger partial charge in [-0.15, -0.1) is 5.10 Å². The Morgan fingerprint density at radius 3 is 2.67 bits per heavy atom. The van der Waals surface area contributed by atoms with Crippen LogP contribution in [0.25, 0.3) is 0 Å². The fraction of sp³-hybridized carbons (Fsp3) is 0.357. The summed E-state index contributed by atoms with van der Waals surface area (Å²) in [5, 5.41) is 7.53. The van der Waals surface area contributed by atoms with Gasteiger partial charge in [0.1, 0.15) is 6.04 Å². The number of rotatable bonds is 3. The number of amides is 1. The molecule has 1 aliphatic rings. The van der Waals surface area contributed by atoms with E-state index in [-0.39, 0.29) is 16.8 Å². The zero-order valence-electron chi connectivity index (χ0n) is 12.6. The molecule has 0 spiro atoms. The van der Waals surface area contributed by atoms with Crippen LogP contribution < -0.4 is 0 Å². The molecule has 10 heteroatoms. The third-order valence-electron chi connectivity index (χ3n) is 3.70. The van der Waals surface area contributed by atoms with Gasteiger partial charge in [0, 0.05) is 18.4 Å². The van der Waals surface area contributed by atoms with E-state index in [1.54, 1.807) is 17.0 Å². The Hall–Kier alpha value is -1.64. The van der Waals surface area contributed by atoms with Crippen molar-refractivity contribution in [2.75, 3.05) is 12.8 Å². The Kier molecular flexibility index (Phi) is 4.54. The molecule has 1 fully saturated rings. The number of hydrogen-bond donors (Lipinski definition) is 0. The molecule has 1 amide bonds. The van der Waals surface area contributed by atoms with Crippen LogP contribution >= 0.6 is 23.2 Å². The van der Waals surface area contributed by atoms with Gasteiger partial charge in [0.05, 0.1) is 10.0 Å². The normalized spacial score (nSPS) is 18.1. The van der Waals surface area contributed by atoms with Gasteiger partial charge in [0.25, 0.3) is 5.91 Å². The summed E-state index contributed by atoms with van der Waals surface area (Å²) in [5.41, 5.74) is 0.388. The van der Waals surface area contributed by atoms with Crippen LogP contribution in [0.4, 0.5) is 0 Å². The molecule has 0 saturated carbocycles. The van der Waals surface area contributed by atoms with Gasteiger partial charge in [0.2, 0.25) is 15.7 Å². The number of carbonyl (C=O) groups is 1. The summed E-state index contributed by atoms with van der Waals surface area (Å²) in [5.74, 6) is -0.142. The third-order valence-corrected chi connectivity index (χ3v) is 5.24. The molecular formula is C14H13Cl2N3O4S. The van der Waals surface area contributed by atoms with E-state index in [9.17, 15) is 13.2 Å². The summed E-state index contributed by atoms with van der Waals surface area (Å²) in [6, 6.07) is 4.17. The number of benzene rings is 1. The average molecular weight is 390 g/mol. The van der Waals surface area contributed by atoms with Crippen molar-refractivity contribution in [2.45, 2.75) is 24.1 Å². The number of nitrogens with zero attached hydrogens (tertiary/aromatic N) is 3. The highest BCUT2D eigenvalue weighted by molar-refractivity contribution is 7.90. The summed E-state index contributed by atoms with van der Waals surface area (Å²) < 4.78 is 28.2. The molecule has 1 atom stereocenters. The predicted molar refractivity (Wildman–Crippen MR) is 86.9 cm³/mol. The van der Waals surface area contributed by atoms with Crippen molar-refractivity contribution in [2.24, 2.45) is 0 Å². The maximum atomic E-state index is 12.7. The molecule has 0 radical (unpaired) electrons. The Labute approximate surface area is 148 Å². The van der Waals surface area contributed by atoms with Crippen molar-refractivity contribution >= 4 is 38.9 Å².